The van der Waals surface area contributed by atoms with Crippen LogP contribution in [0.5, 0.6) is 5.75 Å². The predicted molar refractivity (Wildman–Crippen MR) is 118 cm³/mol. The standard InChI is InChI=1S/C13H18FNO.C7H16.C2H6.CH4O.H2/c1-9(15-2)11-5-6-12(14)13(7-11)16-8-10-3-4-10;1-3-5-7-6-4-2;2*1-2;/h5-7,9-10,15H,3-4,8H2,1-2H3;3-7H2,1-2H3;1-2H3;2H,1H3;1H/t9-;;;;/m1..../s1. The molecule has 2 rings (SSSR count). The summed E-state index contributed by atoms with van der Waals surface area (Å²) in [6.45, 7) is 11.2. The summed E-state index contributed by atoms with van der Waals surface area (Å²) in [5, 5.41) is 10.1. The van der Waals surface area contributed by atoms with Crippen LogP contribution in [-0.4, -0.2) is 25.9 Å². The first kappa shape index (κ1) is 28.1. The highest BCUT2D eigenvalue weighted by Gasteiger charge is 2.22. The number of nitrogens with one attached hydrogen (secondary N) is 1. The van der Waals surface area contributed by atoms with Crippen LogP contribution in [0.25, 0.3) is 0 Å². The van der Waals surface area contributed by atoms with Crippen LogP contribution >= 0.6 is 0 Å². The number of hydrogen-bond donors (Lipinski definition) is 2. The molecular weight excluding hydrogens is 341 g/mol. The third-order valence-electron chi connectivity index (χ3n) is 4.27. The van der Waals surface area contributed by atoms with E-state index < -0.39 is 0 Å². The first-order chi connectivity index (χ1) is 13.1. The summed E-state index contributed by atoms with van der Waals surface area (Å²) in [5.41, 5.74) is 1.05. The lowest BCUT2D eigenvalue weighted by atomic mass is 10.1. The lowest BCUT2D eigenvalue weighted by Crippen LogP contribution is -2.12. The number of halogens is 1. The van der Waals surface area contributed by atoms with Crippen molar-refractivity contribution in [2.45, 2.75) is 85.6 Å². The minimum absolute atomic E-state index is 0. The highest BCUT2D eigenvalue weighted by molar-refractivity contribution is 5.32. The Morgan fingerprint density at radius 2 is 1.70 bits per heavy atom. The van der Waals surface area contributed by atoms with Crippen LogP contribution in [-0.2, 0) is 0 Å². The Morgan fingerprint density at radius 1 is 1.15 bits per heavy atom. The number of benzene rings is 1. The second-order valence-corrected chi connectivity index (χ2v) is 6.52. The molecule has 3 nitrogen and oxygen atoms in total. The maximum Gasteiger partial charge on any atom is 0.165 e. The van der Waals surface area contributed by atoms with E-state index in [1.165, 1.54) is 51.0 Å². The summed E-state index contributed by atoms with van der Waals surface area (Å²) in [6.07, 6.45) is 9.44. The van der Waals surface area contributed by atoms with Crippen LogP contribution in [0.2, 0.25) is 0 Å². The van der Waals surface area contributed by atoms with Gasteiger partial charge in [-0.3, -0.25) is 0 Å². The Morgan fingerprint density at radius 3 is 2.15 bits per heavy atom. The molecule has 0 bridgehead atoms. The Bertz CT molecular complexity index is 439. The van der Waals surface area contributed by atoms with Crippen LogP contribution in [0, 0.1) is 11.7 Å². The number of unbranched alkanes of at least 4 members (excludes halogenated alkanes) is 4. The van der Waals surface area contributed by atoms with Crippen LogP contribution in [0.4, 0.5) is 4.39 Å². The minimum atomic E-state index is -0.271. The molecule has 27 heavy (non-hydrogen) atoms. The molecule has 0 aliphatic heterocycles. The van der Waals surface area contributed by atoms with E-state index in [1.807, 2.05) is 27.8 Å². The van der Waals surface area contributed by atoms with Gasteiger partial charge in [-0.25, -0.2) is 4.39 Å². The Kier molecular flexibility index (Phi) is 20.4. The third kappa shape index (κ3) is 14.6. The zero-order valence-corrected chi connectivity index (χ0v) is 18.8. The molecule has 0 spiro atoms. The van der Waals surface area contributed by atoms with Crippen molar-refractivity contribution < 1.29 is 15.7 Å². The molecule has 4 heteroatoms. The maximum absolute atomic E-state index is 13.5. The summed E-state index contributed by atoms with van der Waals surface area (Å²) in [7, 11) is 2.89. The van der Waals surface area contributed by atoms with Crippen molar-refractivity contribution in [3.8, 4) is 5.75 Å². The zero-order chi connectivity index (χ0) is 21.1. The molecule has 1 aliphatic rings. The maximum atomic E-state index is 13.5. The van der Waals surface area contributed by atoms with Crippen molar-refractivity contribution in [3.05, 3.63) is 29.6 Å². The van der Waals surface area contributed by atoms with Gasteiger partial charge in [-0.15, -0.1) is 0 Å². The number of aliphatic hydroxyl groups excluding tert-OH is 1. The van der Waals surface area contributed by atoms with Crippen molar-refractivity contribution in [2.24, 2.45) is 5.92 Å². The fourth-order valence-corrected chi connectivity index (χ4v) is 2.24. The summed E-state index contributed by atoms with van der Waals surface area (Å²) in [4.78, 5) is 0. The van der Waals surface area contributed by atoms with Gasteiger partial charge in [0.15, 0.2) is 11.6 Å². The number of ether oxygens (including phenoxy) is 1. The molecule has 1 aromatic carbocycles. The normalized spacial score (nSPS) is 13.1. The average molecular weight is 388 g/mol. The monoisotopic (exact) mass is 387 g/mol. The van der Waals surface area contributed by atoms with Gasteiger partial charge in [-0.2, -0.15) is 0 Å². The Labute approximate surface area is 169 Å². The molecule has 1 fully saturated rings. The van der Waals surface area contributed by atoms with Crippen LogP contribution < -0.4 is 10.1 Å². The van der Waals surface area contributed by atoms with E-state index >= 15 is 0 Å². The van der Waals surface area contributed by atoms with Gasteiger partial charge in [-0.05, 0) is 50.4 Å². The molecule has 1 aromatic rings. The van der Waals surface area contributed by atoms with E-state index in [4.69, 9.17) is 9.84 Å². The van der Waals surface area contributed by atoms with Crippen molar-refractivity contribution in [1.29, 1.82) is 0 Å². The molecule has 2 N–H and O–H groups in total. The summed E-state index contributed by atoms with van der Waals surface area (Å²) >= 11 is 0. The molecule has 0 radical (unpaired) electrons. The second-order valence-electron chi connectivity index (χ2n) is 6.52. The van der Waals surface area contributed by atoms with E-state index in [2.05, 4.69) is 19.2 Å². The van der Waals surface area contributed by atoms with Gasteiger partial charge in [0.05, 0.1) is 6.61 Å². The molecular formula is C23H46FNO2. The van der Waals surface area contributed by atoms with Gasteiger partial charge in [0, 0.05) is 14.6 Å². The molecule has 0 unspecified atom stereocenters. The van der Waals surface area contributed by atoms with Gasteiger partial charge >= 0.3 is 0 Å². The fraction of sp³-hybridized carbons (Fsp3) is 0.739. The SMILES string of the molecule is CC.CCCCCCC.CN[C@H](C)c1ccc(F)c(OCC2CC2)c1.CO.[HH]. The summed E-state index contributed by atoms with van der Waals surface area (Å²) in [5.74, 6) is 0.754. The number of rotatable bonds is 9. The third-order valence-corrected chi connectivity index (χ3v) is 4.27. The van der Waals surface area contributed by atoms with Crippen molar-refractivity contribution >= 4 is 0 Å². The molecule has 1 atom stereocenters. The molecule has 0 saturated heterocycles. The average Bonchev–Trinajstić information content (AvgIpc) is 3.55. The van der Waals surface area contributed by atoms with Gasteiger partial charge in [0.1, 0.15) is 0 Å². The van der Waals surface area contributed by atoms with Crippen molar-refractivity contribution in [2.75, 3.05) is 20.8 Å². The van der Waals surface area contributed by atoms with Crippen LogP contribution in [0.3, 0.4) is 0 Å². The number of aliphatic hydroxyl groups is 1. The fourth-order valence-electron chi connectivity index (χ4n) is 2.24. The summed E-state index contributed by atoms with van der Waals surface area (Å²) < 4.78 is 19.0. The van der Waals surface area contributed by atoms with Gasteiger partial charge in [0.25, 0.3) is 0 Å². The first-order valence-corrected chi connectivity index (χ1v) is 10.7. The summed E-state index contributed by atoms with van der Waals surface area (Å²) in [6, 6.07) is 5.27. The smallest absolute Gasteiger partial charge is 0.165 e. The zero-order valence-electron chi connectivity index (χ0n) is 18.8. The quantitative estimate of drug-likeness (QED) is 0.460. The van der Waals surface area contributed by atoms with Crippen LogP contribution in [0.15, 0.2) is 18.2 Å². The molecule has 0 aromatic heterocycles. The highest BCUT2D eigenvalue weighted by atomic mass is 19.1. The lowest BCUT2D eigenvalue weighted by Gasteiger charge is -2.13. The van der Waals surface area contributed by atoms with Crippen molar-refractivity contribution in [3.63, 3.8) is 0 Å². The number of hydrogen-bond acceptors (Lipinski definition) is 3. The van der Waals surface area contributed by atoms with Gasteiger partial charge in [-0.1, -0.05) is 65.9 Å². The predicted octanol–water partition coefficient (Wildman–Crippen LogP) is 6.75. The minimum Gasteiger partial charge on any atom is -0.490 e. The molecule has 0 amide bonds. The lowest BCUT2D eigenvalue weighted by molar-refractivity contribution is 0.285. The van der Waals surface area contributed by atoms with Crippen molar-refractivity contribution in [1.82, 2.24) is 5.32 Å². The van der Waals surface area contributed by atoms with Crippen LogP contribution in [0.1, 0.15) is 92.6 Å². The topological polar surface area (TPSA) is 41.5 Å². The van der Waals surface area contributed by atoms with Gasteiger partial charge < -0.3 is 15.2 Å². The van der Waals surface area contributed by atoms with E-state index in [-0.39, 0.29) is 13.3 Å². The molecule has 1 saturated carbocycles. The van der Waals surface area contributed by atoms with E-state index in [0.29, 0.717) is 18.3 Å². The molecule has 162 valence electrons. The first-order valence-electron chi connectivity index (χ1n) is 10.7. The molecule has 0 heterocycles. The van der Waals surface area contributed by atoms with E-state index in [9.17, 15) is 4.39 Å². The second kappa shape index (κ2) is 19.6. The van der Waals surface area contributed by atoms with E-state index in [0.717, 1.165) is 12.7 Å². The van der Waals surface area contributed by atoms with Gasteiger partial charge in [0.2, 0.25) is 0 Å². The highest BCUT2D eigenvalue weighted by Crippen LogP contribution is 2.30. The Hall–Kier alpha value is -1.13. The largest absolute Gasteiger partial charge is 0.490 e. The Balaban J connectivity index is -0.000000445. The molecule has 1 aliphatic carbocycles. The van der Waals surface area contributed by atoms with E-state index in [1.54, 1.807) is 12.1 Å².